The van der Waals surface area contributed by atoms with Crippen molar-refractivity contribution in [3.8, 4) is 0 Å². The zero-order chi connectivity index (χ0) is 14.1. The van der Waals surface area contributed by atoms with E-state index in [1.165, 1.54) is 0 Å². The van der Waals surface area contributed by atoms with Crippen molar-refractivity contribution in [1.82, 2.24) is 24.8 Å². The van der Waals surface area contributed by atoms with E-state index in [4.69, 9.17) is 0 Å². The molecule has 2 saturated heterocycles. The molecule has 0 aliphatic carbocycles. The molecule has 0 radical (unpaired) electrons. The second-order valence-electron chi connectivity index (χ2n) is 5.56. The summed E-state index contributed by atoms with van der Waals surface area (Å²) < 4.78 is 1.81. The van der Waals surface area contributed by atoms with Crippen LogP contribution in [0.1, 0.15) is 25.8 Å². The molecule has 1 aromatic heterocycles. The van der Waals surface area contributed by atoms with Gasteiger partial charge in [-0.25, -0.2) is 4.68 Å². The van der Waals surface area contributed by atoms with Crippen molar-refractivity contribution in [3.05, 3.63) is 12.4 Å². The minimum atomic E-state index is 0.0716. The summed E-state index contributed by atoms with van der Waals surface area (Å²) in [6.07, 6.45) is 5.05. The monoisotopic (exact) mass is 277 g/mol. The van der Waals surface area contributed by atoms with Crippen LogP contribution in [0.3, 0.4) is 0 Å². The van der Waals surface area contributed by atoms with Gasteiger partial charge in [0.05, 0.1) is 12.2 Å². The zero-order valence-electron chi connectivity index (χ0n) is 11.6. The van der Waals surface area contributed by atoms with Crippen molar-refractivity contribution in [2.45, 2.75) is 25.8 Å². The molecule has 0 atom stereocenters. The normalized spacial score (nSPS) is 20.9. The molecule has 3 heterocycles. The van der Waals surface area contributed by atoms with Crippen molar-refractivity contribution < 1.29 is 9.59 Å². The quantitative estimate of drug-likeness (QED) is 0.758. The molecule has 0 bridgehead atoms. The van der Waals surface area contributed by atoms with E-state index in [0.717, 1.165) is 25.9 Å². The van der Waals surface area contributed by atoms with Gasteiger partial charge in [0.15, 0.2) is 0 Å². The molecule has 20 heavy (non-hydrogen) atoms. The van der Waals surface area contributed by atoms with Crippen molar-refractivity contribution in [1.29, 1.82) is 0 Å². The molecule has 0 saturated carbocycles. The number of likely N-dealkylation sites (tertiary alicyclic amines) is 2. The van der Waals surface area contributed by atoms with E-state index in [1.54, 1.807) is 13.1 Å². The van der Waals surface area contributed by atoms with E-state index >= 15 is 0 Å². The maximum Gasteiger partial charge on any atom is 0.225 e. The van der Waals surface area contributed by atoms with Crippen LogP contribution >= 0.6 is 0 Å². The number of nitrogens with zero attached hydrogens (tertiary/aromatic N) is 5. The van der Waals surface area contributed by atoms with Gasteiger partial charge < -0.3 is 9.80 Å². The Balaban J connectivity index is 1.48. The van der Waals surface area contributed by atoms with Crippen LogP contribution in [0.25, 0.3) is 0 Å². The van der Waals surface area contributed by atoms with Crippen LogP contribution in [0, 0.1) is 5.92 Å². The molecular weight excluding hydrogens is 258 g/mol. The molecule has 0 aromatic carbocycles. The Morgan fingerprint density at radius 2 is 1.85 bits per heavy atom. The van der Waals surface area contributed by atoms with Crippen LogP contribution in [-0.2, 0) is 9.59 Å². The number of carbonyl (C=O) groups excluding carboxylic acids is 2. The van der Waals surface area contributed by atoms with E-state index in [2.05, 4.69) is 10.3 Å². The Morgan fingerprint density at radius 1 is 1.15 bits per heavy atom. The molecule has 3 rings (SSSR count). The fourth-order valence-corrected chi connectivity index (χ4v) is 2.91. The largest absolute Gasteiger partial charge is 0.343 e. The Hall–Kier alpha value is -1.92. The van der Waals surface area contributed by atoms with Crippen molar-refractivity contribution in [2.24, 2.45) is 5.92 Å². The van der Waals surface area contributed by atoms with Crippen molar-refractivity contribution in [3.63, 3.8) is 0 Å². The van der Waals surface area contributed by atoms with Crippen LogP contribution < -0.4 is 0 Å². The predicted molar refractivity (Wildman–Crippen MR) is 70.6 cm³/mol. The number of hydrogen-bond donors (Lipinski definition) is 0. The van der Waals surface area contributed by atoms with Crippen LogP contribution in [0.15, 0.2) is 12.4 Å². The van der Waals surface area contributed by atoms with Gasteiger partial charge >= 0.3 is 0 Å². The molecule has 1 aromatic rings. The highest BCUT2D eigenvalue weighted by molar-refractivity contribution is 5.80. The Kier molecular flexibility index (Phi) is 3.42. The lowest BCUT2D eigenvalue weighted by atomic mass is 9.93. The number of carbonyl (C=O) groups is 2. The lowest BCUT2D eigenvalue weighted by Gasteiger charge is -2.42. The van der Waals surface area contributed by atoms with Gasteiger partial charge in [-0.3, -0.25) is 9.59 Å². The average Bonchev–Trinajstić information content (AvgIpc) is 2.90. The van der Waals surface area contributed by atoms with Crippen LogP contribution in [0.2, 0.25) is 0 Å². The van der Waals surface area contributed by atoms with Gasteiger partial charge in [-0.2, -0.15) is 0 Å². The summed E-state index contributed by atoms with van der Waals surface area (Å²) in [5.74, 6) is 0.401. The highest BCUT2D eigenvalue weighted by Gasteiger charge is 2.37. The third kappa shape index (κ3) is 2.39. The zero-order valence-corrected chi connectivity index (χ0v) is 11.6. The first-order valence-corrected chi connectivity index (χ1v) is 7.05. The molecule has 0 spiro atoms. The SMILES string of the molecule is CC(=O)N1CCC(C(=O)N2CC(n3ccnn3)C2)CC1. The van der Waals surface area contributed by atoms with E-state index in [-0.39, 0.29) is 23.8 Å². The topological polar surface area (TPSA) is 71.3 Å². The Morgan fingerprint density at radius 3 is 2.40 bits per heavy atom. The standard InChI is InChI=1S/C13H19N5O2/c1-10(19)16-5-2-11(3-6-16)13(20)17-8-12(9-17)18-7-4-14-15-18/h4,7,11-12H,2-3,5-6,8-9H2,1H3. The van der Waals surface area contributed by atoms with E-state index < -0.39 is 0 Å². The van der Waals surface area contributed by atoms with Gasteiger partial charge in [0.2, 0.25) is 11.8 Å². The average molecular weight is 277 g/mol. The second kappa shape index (κ2) is 5.22. The van der Waals surface area contributed by atoms with Gasteiger partial charge in [-0.15, -0.1) is 5.10 Å². The Labute approximate surface area is 117 Å². The first kappa shape index (κ1) is 13.1. The number of piperidine rings is 1. The highest BCUT2D eigenvalue weighted by Crippen LogP contribution is 2.26. The number of hydrogen-bond acceptors (Lipinski definition) is 4. The second-order valence-corrected chi connectivity index (χ2v) is 5.56. The number of amides is 2. The number of rotatable bonds is 2. The minimum absolute atomic E-state index is 0.0716. The lowest BCUT2D eigenvalue weighted by molar-refractivity contribution is -0.145. The van der Waals surface area contributed by atoms with E-state index in [9.17, 15) is 9.59 Å². The summed E-state index contributed by atoms with van der Waals surface area (Å²) in [4.78, 5) is 27.3. The smallest absolute Gasteiger partial charge is 0.225 e. The lowest BCUT2D eigenvalue weighted by Crippen LogP contribution is -2.54. The molecular formula is C13H19N5O2. The van der Waals surface area contributed by atoms with Gasteiger partial charge in [0.1, 0.15) is 0 Å². The third-order valence-electron chi connectivity index (χ3n) is 4.28. The molecule has 108 valence electrons. The van der Waals surface area contributed by atoms with E-state index in [0.29, 0.717) is 13.1 Å². The highest BCUT2D eigenvalue weighted by atomic mass is 16.2. The molecule has 2 amide bonds. The summed E-state index contributed by atoms with van der Waals surface area (Å²) in [6.45, 7) is 4.42. The molecule has 2 fully saturated rings. The molecule has 0 N–H and O–H groups in total. The third-order valence-corrected chi connectivity index (χ3v) is 4.28. The molecule has 7 heteroatoms. The van der Waals surface area contributed by atoms with Gasteiger partial charge in [-0.05, 0) is 12.8 Å². The fourth-order valence-electron chi connectivity index (χ4n) is 2.91. The van der Waals surface area contributed by atoms with Crippen LogP contribution in [0.4, 0.5) is 0 Å². The summed E-state index contributed by atoms with van der Waals surface area (Å²) in [5.41, 5.74) is 0. The molecule has 2 aliphatic heterocycles. The summed E-state index contributed by atoms with van der Waals surface area (Å²) in [7, 11) is 0. The maximum atomic E-state index is 12.3. The molecule has 0 unspecified atom stereocenters. The van der Waals surface area contributed by atoms with Crippen molar-refractivity contribution >= 4 is 11.8 Å². The van der Waals surface area contributed by atoms with Gasteiger partial charge in [0.25, 0.3) is 0 Å². The van der Waals surface area contributed by atoms with Crippen molar-refractivity contribution in [2.75, 3.05) is 26.2 Å². The summed E-state index contributed by atoms with van der Waals surface area (Å²) >= 11 is 0. The minimum Gasteiger partial charge on any atom is -0.343 e. The summed E-state index contributed by atoms with van der Waals surface area (Å²) in [6, 6.07) is 0.263. The molecule has 2 aliphatic rings. The van der Waals surface area contributed by atoms with Crippen LogP contribution in [-0.4, -0.2) is 62.8 Å². The number of aromatic nitrogens is 3. The molecule has 7 nitrogen and oxygen atoms in total. The first-order chi connectivity index (χ1) is 9.65. The fraction of sp³-hybridized carbons (Fsp3) is 0.692. The van der Waals surface area contributed by atoms with E-state index in [1.807, 2.05) is 20.7 Å². The maximum absolute atomic E-state index is 12.3. The summed E-state index contributed by atoms with van der Waals surface area (Å²) in [5, 5.41) is 7.74. The predicted octanol–water partition coefficient (Wildman–Crippen LogP) is -0.0801. The van der Waals surface area contributed by atoms with Gasteiger partial charge in [0, 0.05) is 45.2 Å². The van der Waals surface area contributed by atoms with Crippen LogP contribution in [0.5, 0.6) is 0 Å². The Bertz CT molecular complexity index is 487. The van der Waals surface area contributed by atoms with Gasteiger partial charge in [-0.1, -0.05) is 5.21 Å². The first-order valence-electron chi connectivity index (χ1n) is 7.05.